The van der Waals surface area contributed by atoms with Gasteiger partial charge in [-0.3, -0.25) is 14.1 Å². The Kier molecular flexibility index (Phi) is 28.9. The van der Waals surface area contributed by atoms with Crippen LogP contribution in [-0.2, 0) is 38.7 Å². The van der Waals surface area contributed by atoms with E-state index < -0.39 is 71.2 Å². The number of hydrogen-bond donors (Lipinski definition) is 4. The molecule has 0 saturated carbocycles. The van der Waals surface area contributed by atoms with Gasteiger partial charge in [-0.05, 0) is 12.8 Å². The SMILES string of the molecule is CCCCCCCCCCCCCCCCCCC(=O)O[C@H](COC(=O)CCCCCCCCCC)CO[C@H]1O[C@H](CS(=O)(=O)O)[C@@H](O)C(O)C1O. The highest BCUT2D eigenvalue weighted by atomic mass is 32.2. The summed E-state index contributed by atoms with van der Waals surface area (Å²) in [6.45, 7) is 3.72. The zero-order chi connectivity index (χ0) is 38.5. The van der Waals surface area contributed by atoms with Crippen LogP contribution in [0, 0.1) is 0 Å². The highest BCUT2D eigenvalue weighted by Crippen LogP contribution is 2.24. The van der Waals surface area contributed by atoms with Gasteiger partial charge in [0.25, 0.3) is 10.1 Å². The maximum Gasteiger partial charge on any atom is 0.306 e. The smallest absolute Gasteiger partial charge is 0.306 e. The highest BCUT2D eigenvalue weighted by Gasteiger charge is 2.46. The first-order chi connectivity index (χ1) is 25.0. The standard InChI is InChI=1S/C39H74O12S/c1-3-5-7-9-11-13-14-15-16-17-18-19-20-22-24-26-28-35(41)50-32(29-48-34(40)27-25-23-21-12-10-8-6-4-2)30-49-39-38(44)37(43)36(42)33(51-39)31-52(45,46)47/h32-33,36-39,42-44H,3-31H2,1-2H3,(H,45,46,47)/t32-,33-,36-,37?,38?,39+/m1/s1. The number of hydrogen-bond acceptors (Lipinski definition) is 11. The lowest BCUT2D eigenvalue weighted by Crippen LogP contribution is -2.60. The van der Waals surface area contributed by atoms with Crippen LogP contribution >= 0.6 is 0 Å². The molecule has 308 valence electrons. The van der Waals surface area contributed by atoms with E-state index in [2.05, 4.69) is 13.8 Å². The number of aliphatic hydroxyl groups excluding tert-OH is 3. The van der Waals surface area contributed by atoms with Crippen molar-refractivity contribution < 1.29 is 56.8 Å². The van der Waals surface area contributed by atoms with Crippen molar-refractivity contribution in [3.05, 3.63) is 0 Å². The number of aliphatic hydroxyl groups is 3. The van der Waals surface area contributed by atoms with E-state index in [4.69, 9.17) is 18.9 Å². The van der Waals surface area contributed by atoms with Gasteiger partial charge in [0.2, 0.25) is 0 Å². The Labute approximate surface area is 314 Å². The first-order valence-corrected chi connectivity index (χ1v) is 22.2. The van der Waals surface area contributed by atoms with Gasteiger partial charge in [-0.25, -0.2) is 0 Å². The molecular weight excluding hydrogens is 692 g/mol. The van der Waals surface area contributed by atoms with Crippen molar-refractivity contribution in [1.82, 2.24) is 0 Å². The Bertz CT molecular complexity index is 994. The summed E-state index contributed by atoms with van der Waals surface area (Å²) in [6.07, 6.45) is 18.9. The molecule has 2 unspecified atom stereocenters. The van der Waals surface area contributed by atoms with E-state index >= 15 is 0 Å². The van der Waals surface area contributed by atoms with Gasteiger partial charge >= 0.3 is 11.9 Å². The molecule has 0 spiro atoms. The van der Waals surface area contributed by atoms with Gasteiger partial charge in [-0.15, -0.1) is 0 Å². The fraction of sp³-hybridized carbons (Fsp3) is 0.949. The Morgan fingerprint density at radius 3 is 1.40 bits per heavy atom. The molecule has 12 nitrogen and oxygen atoms in total. The van der Waals surface area contributed by atoms with Gasteiger partial charge in [0.1, 0.15) is 36.8 Å². The molecule has 52 heavy (non-hydrogen) atoms. The van der Waals surface area contributed by atoms with E-state index in [1.807, 2.05) is 0 Å². The van der Waals surface area contributed by atoms with Crippen molar-refractivity contribution >= 4 is 22.1 Å². The summed E-state index contributed by atoms with van der Waals surface area (Å²) in [5.41, 5.74) is 0. The molecule has 0 bridgehead atoms. The predicted molar refractivity (Wildman–Crippen MR) is 201 cm³/mol. The monoisotopic (exact) mass is 766 g/mol. The molecule has 1 heterocycles. The van der Waals surface area contributed by atoms with Crippen molar-refractivity contribution in [2.75, 3.05) is 19.0 Å². The van der Waals surface area contributed by atoms with Crippen LogP contribution in [0.2, 0.25) is 0 Å². The molecule has 13 heteroatoms. The lowest BCUT2D eigenvalue weighted by atomic mass is 10.00. The minimum Gasteiger partial charge on any atom is -0.462 e. The summed E-state index contributed by atoms with van der Waals surface area (Å²) < 4.78 is 53.8. The van der Waals surface area contributed by atoms with Crippen LogP contribution < -0.4 is 0 Å². The maximum absolute atomic E-state index is 12.7. The van der Waals surface area contributed by atoms with E-state index in [1.165, 1.54) is 103 Å². The van der Waals surface area contributed by atoms with Gasteiger partial charge in [-0.2, -0.15) is 8.42 Å². The molecule has 0 amide bonds. The molecule has 0 aromatic heterocycles. The van der Waals surface area contributed by atoms with Crippen LogP contribution in [0.5, 0.6) is 0 Å². The molecule has 4 N–H and O–H groups in total. The average Bonchev–Trinajstić information content (AvgIpc) is 3.10. The largest absolute Gasteiger partial charge is 0.462 e. The highest BCUT2D eigenvalue weighted by molar-refractivity contribution is 7.85. The molecular formula is C39H74O12S. The third kappa shape index (κ3) is 25.6. The summed E-state index contributed by atoms with van der Waals surface area (Å²) >= 11 is 0. The molecule has 1 aliphatic rings. The second-order valence-corrected chi connectivity index (χ2v) is 16.2. The van der Waals surface area contributed by atoms with Gasteiger partial charge in [0.15, 0.2) is 12.4 Å². The van der Waals surface area contributed by atoms with Crippen molar-refractivity contribution in [2.24, 2.45) is 0 Å². The molecule has 0 radical (unpaired) electrons. The van der Waals surface area contributed by atoms with Crippen molar-refractivity contribution in [2.45, 2.75) is 218 Å². The Hall–Kier alpha value is -1.35. The van der Waals surface area contributed by atoms with Gasteiger partial charge < -0.3 is 34.3 Å². The molecule has 0 aliphatic carbocycles. The molecule has 1 rings (SSSR count). The van der Waals surface area contributed by atoms with E-state index in [0.29, 0.717) is 12.8 Å². The van der Waals surface area contributed by atoms with Crippen LogP contribution in [0.15, 0.2) is 0 Å². The van der Waals surface area contributed by atoms with Crippen LogP contribution in [-0.4, -0.2) is 96.0 Å². The van der Waals surface area contributed by atoms with Crippen LogP contribution in [0.4, 0.5) is 0 Å². The summed E-state index contributed by atoms with van der Waals surface area (Å²) in [5.74, 6) is -1.97. The first-order valence-electron chi connectivity index (χ1n) is 20.6. The maximum atomic E-state index is 12.7. The fourth-order valence-corrected chi connectivity index (χ4v) is 7.13. The van der Waals surface area contributed by atoms with E-state index in [1.54, 1.807) is 0 Å². The van der Waals surface area contributed by atoms with E-state index in [-0.39, 0.29) is 19.4 Å². The first kappa shape index (κ1) is 48.7. The topological polar surface area (TPSA) is 186 Å². The molecule has 0 aromatic carbocycles. The van der Waals surface area contributed by atoms with Crippen LogP contribution in [0.1, 0.15) is 181 Å². The molecule has 1 fully saturated rings. The Balaban J connectivity index is 2.45. The summed E-state index contributed by atoms with van der Waals surface area (Å²) in [7, 11) is -4.59. The van der Waals surface area contributed by atoms with Gasteiger partial charge in [0.05, 0.1) is 6.61 Å². The third-order valence-corrected chi connectivity index (χ3v) is 10.4. The van der Waals surface area contributed by atoms with Crippen molar-refractivity contribution in [1.29, 1.82) is 0 Å². The zero-order valence-corrected chi connectivity index (χ0v) is 33.2. The lowest BCUT2D eigenvalue weighted by Gasteiger charge is -2.40. The molecule has 0 aromatic rings. The van der Waals surface area contributed by atoms with E-state index in [9.17, 15) is 37.9 Å². The number of rotatable bonds is 34. The Morgan fingerprint density at radius 1 is 0.577 bits per heavy atom. The number of esters is 2. The van der Waals surface area contributed by atoms with Crippen molar-refractivity contribution in [3.63, 3.8) is 0 Å². The fourth-order valence-electron chi connectivity index (χ4n) is 6.44. The second kappa shape index (κ2) is 30.9. The summed E-state index contributed by atoms with van der Waals surface area (Å²) in [5, 5.41) is 30.7. The average molecular weight is 767 g/mol. The minimum absolute atomic E-state index is 0.172. The van der Waals surface area contributed by atoms with Crippen LogP contribution in [0.3, 0.4) is 0 Å². The summed E-state index contributed by atoms with van der Waals surface area (Å²) in [6, 6.07) is 0. The van der Waals surface area contributed by atoms with Gasteiger partial charge in [-0.1, -0.05) is 155 Å². The quantitative estimate of drug-likeness (QED) is 0.0291. The normalized spacial score (nSPS) is 21.2. The number of carbonyl (C=O) groups excluding carboxylic acids is 2. The lowest BCUT2D eigenvalue weighted by molar-refractivity contribution is -0.297. The molecule has 6 atom stereocenters. The molecule has 1 aliphatic heterocycles. The van der Waals surface area contributed by atoms with Gasteiger partial charge in [0, 0.05) is 12.8 Å². The Morgan fingerprint density at radius 2 is 0.981 bits per heavy atom. The number of ether oxygens (including phenoxy) is 4. The number of carbonyl (C=O) groups is 2. The third-order valence-electron chi connectivity index (χ3n) is 9.69. The zero-order valence-electron chi connectivity index (χ0n) is 32.4. The predicted octanol–water partition coefficient (Wildman–Crippen LogP) is 7.34. The minimum atomic E-state index is -4.59. The van der Waals surface area contributed by atoms with E-state index in [0.717, 1.165) is 38.5 Å². The summed E-state index contributed by atoms with van der Waals surface area (Å²) in [4.78, 5) is 25.2. The van der Waals surface area contributed by atoms with Crippen LogP contribution in [0.25, 0.3) is 0 Å². The number of unbranched alkanes of at least 4 members (excludes halogenated alkanes) is 22. The van der Waals surface area contributed by atoms with Crippen molar-refractivity contribution in [3.8, 4) is 0 Å². The molecule has 1 saturated heterocycles. The second-order valence-electron chi connectivity index (χ2n) is 14.7.